The summed E-state index contributed by atoms with van der Waals surface area (Å²) in [7, 11) is 0. The molecule has 1 heterocycles. The number of aromatic nitrogens is 2. The van der Waals surface area contributed by atoms with Crippen LogP contribution in [0.15, 0.2) is 54.7 Å². The molecule has 3 atom stereocenters. The van der Waals surface area contributed by atoms with Crippen LogP contribution in [0.3, 0.4) is 0 Å². The lowest BCUT2D eigenvalue weighted by molar-refractivity contribution is 0.0889. The Bertz CT molecular complexity index is 793. The molecule has 0 amide bonds. The Morgan fingerprint density at radius 3 is 2.62 bits per heavy atom. The summed E-state index contributed by atoms with van der Waals surface area (Å²) in [4.78, 5) is 0. The van der Waals surface area contributed by atoms with Crippen molar-refractivity contribution in [3.63, 3.8) is 0 Å². The van der Waals surface area contributed by atoms with Crippen LogP contribution in [0.4, 0.5) is 0 Å². The lowest BCUT2D eigenvalue weighted by Crippen LogP contribution is -2.26. The van der Waals surface area contributed by atoms with Crippen LogP contribution in [0.1, 0.15) is 42.5 Å². The first-order chi connectivity index (χ1) is 10.3. The van der Waals surface area contributed by atoms with Crippen molar-refractivity contribution >= 4 is 10.9 Å². The van der Waals surface area contributed by atoms with E-state index >= 15 is 0 Å². The van der Waals surface area contributed by atoms with E-state index < -0.39 is 6.10 Å². The van der Waals surface area contributed by atoms with Crippen molar-refractivity contribution in [2.45, 2.75) is 31.4 Å². The van der Waals surface area contributed by atoms with Crippen LogP contribution in [0.2, 0.25) is 0 Å². The van der Waals surface area contributed by atoms with E-state index in [1.54, 1.807) is 0 Å². The van der Waals surface area contributed by atoms with Gasteiger partial charge in [0.2, 0.25) is 0 Å². The molecular formula is C18H18N2O. The number of aliphatic hydroxyl groups excluding tert-OH is 1. The Balaban J connectivity index is 1.84. The van der Waals surface area contributed by atoms with Gasteiger partial charge in [0.25, 0.3) is 0 Å². The van der Waals surface area contributed by atoms with Crippen molar-refractivity contribution in [3.05, 3.63) is 65.9 Å². The van der Waals surface area contributed by atoms with Crippen LogP contribution >= 0.6 is 0 Å². The SMILES string of the molecule is CC1CC(n2ncc3ccccc32)C(O)c2ccccc21. The second-order valence-corrected chi connectivity index (χ2v) is 5.93. The summed E-state index contributed by atoms with van der Waals surface area (Å²) in [6.45, 7) is 2.23. The Hall–Kier alpha value is -2.13. The molecule has 1 aliphatic rings. The molecule has 2 aromatic carbocycles. The maximum Gasteiger partial charge on any atom is 0.102 e. The fourth-order valence-electron chi connectivity index (χ4n) is 3.54. The van der Waals surface area contributed by atoms with E-state index in [-0.39, 0.29) is 6.04 Å². The molecule has 106 valence electrons. The number of aliphatic hydroxyl groups is 1. The predicted molar refractivity (Wildman–Crippen MR) is 83.2 cm³/mol. The molecule has 0 bridgehead atoms. The van der Waals surface area contributed by atoms with Crippen molar-refractivity contribution in [1.82, 2.24) is 9.78 Å². The average Bonchev–Trinajstić information content (AvgIpc) is 2.95. The van der Waals surface area contributed by atoms with Crippen LogP contribution < -0.4 is 0 Å². The zero-order valence-corrected chi connectivity index (χ0v) is 12.0. The molecule has 1 aliphatic carbocycles. The predicted octanol–water partition coefficient (Wildman–Crippen LogP) is 3.82. The highest BCUT2D eigenvalue weighted by Crippen LogP contribution is 2.44. The number of benzene rings is 2. The van der Waals surface area contributed by atoms with Gasteiger partial charge in [0.05, 0.1) is 17.8 Å². The van der Waals surface area contributed by atoms with Crippen LogP contribution in [0, 0.1) is 0 Å². The van der Waals surface area contributed by atoms with E-state index in [2.05, 4.69) is 30.2 Å². The van der Waals surface area contributed by atoms with Crippen molar-refractivity contribution < 1.29 is 5.11 Å². The van der Waals surface area contributed by atoms with Gasteiger partial charge >= 0.3 is 0 Å². The number of fused-ring (bicyclic) bond motifs is 2. The van der Waals surface area contributed by atoms with Crippen molar-refractivity contribution in [3.8, 4) is 0 Å². The third kappa shape index (κ3) is 1.88. The Kier molecular flexibility index (Phi) is 2.82. The second kappa shape index (κ2) is 4.71. The fraction of sp³-hybridized carbons (Fsp3) is 0.278. The molecule has 0 aliphatic heterocycles. The van der Waals surface area contributed by atoms with E-state index in [1.165, 1.54) is 5.56 Å². The third-order valence-electron chi connectivity index (χ3n) is 4.62. The first-order valence-electron chi connectivity index (χ1n) is 7.45. The summed E-state index contributed by atoms with van der Waals surface area (Å²) >= 11 is 0. The van der Waals surface area contributed by atoms with Crippen LogP contribution in [0.25, 0.3) is 10.9 Å². The smallest absolute Gasteiger partial charge is 0.102 e. The highest BCUT2D eigenvalue weighted by molar-refractivity contribution is 5.78. The Morgan fingerprint density at radius 1 is 1.05 bits per heavy atom. The Morgan fingerprint density at radius 2 is 1.76 bits per heavy atom. The summed E-state index contributed by atoms with van der Waals surface area (Å²) < 4.78 is 1.99. The van der Waals surface area contributed by atoms with Gasteiger partial charge in [-0.25, -0.2) is 0 Å². The molecular weight excluding hydrogens is 260 g/mol. The minimum atomic E-state index is -0.499. The summed E-state index contributed by atoms with van der Waals surface area (Å²) in [5.41, 5.74) is 3.40. The van der Waals surface area contributed by atoms with Crippen molar-refractivity contribution in [2.75, 3.05) is 0 Å². The number of hydrogen-bond acceptors (Lipinski definition) is 2. The number of rotatable bonds is 1. The molecule has 0 saturated heterocycles. The molecule has 3 heteroatoms. The van der Waals surface area contributed by atoms with Gasteiger partial charge in [0.15, 0.2) is 0 Å². The Labute approximate surface area is 123 Å². The van der Waals surface area contributed by atoms with Crippen molar-refractivity contribution in [1.29, 1.82) is 0 Å². The lowest BCUT2D eigenvalue weighted by Gasteiger charge is -2.34. The average molecular weight is 278 g/mol. The minimum Gasteiger partial charge on any atom is -0.386 e. The van der Waals surface area contributed by atoms with E-state index in [0.29, 0.717) is 5.92 Å². The lowest BCUT2D eigenvalue weighted by atomic mass is 9.79. The summed E-state index contributed by atoms with van der Waals surface area (Å²) in [6, 6.07) is 16.4. The van der Waals surface area contributed by atoms with Crippen molar-refractivity contribution in [2.24, 2.45) is 0 Å². The van der Waals surface area contributed by atoms with E-state index in [9.17, 15) is 5.11 Å². The zero-order valence-electron chi connectivity index (χ0n) is 12.0. The van der Waals surface area contributed by atoms with Gasteiger partial charge in [-0.15, -0.1) is 0 Å². The monoisotopic (exact) mass is 278 g/mol. The third-order valence-corrected chi connectivity index (χ3v) is 4.62. The van der Waals surface area contributed by atoms with E-state index in [1.807, 2.05) is 41.2 Å². The van der Waals surface area contributed by atoms with Gasteiger partial charge in [-0.2, -0.15) is 5.10 Å². The van der Waals surface area contributed by atoms with E-state index in [0.717, 1.165) is 22.9 Å². The minimum absolute atomic E-state index is 0.00481. The first kappa shape index (κ1) is 12.6. The van der Waals surface area contributed by atoms with Gasteiger partial charge in [-0.3, -0.25) is 4.68 Å². The molecule has 1 aromatic heterocycles. The van der Waals surface area contributed by atoms with Gasteiger partial charge < -0.3 is 5.11 Å². The molecule has 0 fully saturated rings. The molecule has 4 rings (SSSR count). The zero-order chi connectivity index (χ0) is 14.4. The maximum absolute atomic E-state index is 10.8. The molecule has 3 aromatic rings. The molecule has 0 saturated carbocycles. The summed E-state index contributed by atoms with van der Waals surface area (Å²) in [5.74, 6) is 0.428. The van der Waals surface area contributed by atoms with Crippen LogP contribution in [0.5, 0.6) is 0 Å². The molecule has 21 heavy (non-hydrogen) atoms. The summed E-state index contributed by atoms with van der Waals surface area (Å²) in [5, 5.41) is 16.5. The summed E-state index contributed by atoms with van der Waals surface area (Å²) in [6.07, 6.45) is 2.29. The first-order valence-corrected chi connectivity index (χ1v) is 7.45. The topological polar surface area (TPSA) is 38.0 Å². The van der Waals surface area contributed by atoms with Gasteiger partial charge in [0.1, 0.15) is 6.10 Å². The highest BCUT2D eigenvalue weighted by atomic mass is 16.3. The molecule has 0 spiro atoms. The quantitative estimate of drug-likeness (QED) is 0.735. The van der Waals surface area contributed by atoms with E-state index in [4.69, 9.17) is 0 Å². The van der Waals surface area contributed by atoms with Gasteiger partial charge in [0, 0.05) is 5.39 Å². The highest BCUT2D eigenvalue weighted by Gasteiger charge is 2.33. The van der Waals surface area contributed by atoms with Gasteiger partial charge in [-0.05, 0) is 29.5 Å². The largest absolute Gasteiger partial charge is 0.386 e. The maximum atomic E-state index is 10.8. The molecule has 0 radical (unpaired) electrons. The standard InChI is InChI=1S/C18H18N2O/c1-12-10-17(18(21)15-8-4-3-7-14(12)15)20-16-9-5-2-6-13(16)11-19-20/h2-9,11-12,17-18,21H,10H2,1H3. The molecule has 3 unspecified atom stereocenters. The molecule has 3 nitrogen and oxygen atoms in total. The second-order valence-electron chi connectivity index (χ2n) is 5.93. The van der Waals surface area contributed by atoms with Gasteiger partial charge in [-0.1, -0.05) is 49.4 Å². The van der Waals surface area contributed by atoms with Crippen LogP contribution in [-0.2, 0) is 0 Å². The normalized spacial score (nSPS) is 25.0. The number of para-hydroxylation sites is 1. The number of nitrogens with zero attached hydrogens (tertiary/aromatic N) is 2. The fourth-order valence-corrected chi connectivity index (χ4v) is 3.54. The molecule has 1 N–H and O–H groups in total. The van der Waals surface area contributed by atoms with Crippen LogP contribution in [-0.4, -0.2) is 14.9 Å². The number of hydrogen-bond donors (Lipinski definition) is 1.